The van der Waals surface area contributed by atoms with Gasteiger partial charge in [0.15, 0.2) is 6.29 Å². The zero-order valence-corrected chi connectivity index (χ0v) is 6.79. The first-order valence-corrected chi connectivity index (χ1v) is 3.81. The van der Waals surface area contributed by atoms with Gasteiger partial charge in [0.2, 0.25) is 6.29 Å². The van der Waals surface area contributed by atoms with Gasteiger partial charge < -0.3 is 14.2 Å². The number of hydrogen-bond acceptors (Lipinski definition) is 3. The minimum absolute atomic E-state index is 0.103. The quantitative estimate of drug-likeness (QED) is 0.584. The van der Waals surface area contributed by atoms with Crippen molar-refractivity contribution >= 4 is 0 Å². The van der Waals surface area contributed by atoms with E-state index in [2.05, 4.69) is 6.58 Å². The molecule has 0 N–H and O–H groups in total. The van der Waals surface area contributed by atoms with Gasteiger partial charge in [-0.3, -0.25) is 0 Å². The Morgan fingerprint density at radius 3 is 2.82 bits per heavy atom. The highest BCUT2D eigenvalue weighted by Crippen LogP contribution is 2.19. The van der Waals surface area contributed by atoms with Crippen LogP contribution in [0.5, 0.6) is 0 Å². The van der Waals surface area contributed by atoms with Crippen LogP contribution in [-0.4, -0.2) is 19.7 Å². The van der Waals surface area contributed by atoms with Crippen LogP contribution in [-0.2, 0) is 14.2 Å². The van der Waals surface area contributed by atoms with E-state index in [0.717, 1.165) is 19.3 Å². The van der Waals surface area contributed by atoms with Crippen LogP contribution in [0.3, 0.4) is 0 Å². The van der Waals surface area contributed by atoms with Gasteiger partial charge in [-0.1, -0.05) is 6.58 Å². The predicted molar refractivity (Wildman–Crippen MR) is 40.8 cm³/mol. The third-order valence-electron chi connectivity index (χ3n) is 1.69. The van der Waals surface area contributed by atoms with E-state index < -0.39 is 0 Å². The Hall–Kier alpha value is -0.540. The van der Waals surface area contributed by atoms with Crippen molar-refractivity contribution in [3.05, 3.63) is 12.8 Å². The molecule has 1 heterocycles. The van der Waals surface area contributed by atoms with Crippen LogP contribution >= 0.6 is 0 Å². The van der Waals surface area contributed by atoms with Gasteiger partial charge in [-0.15, -0.1) is 0 Å². The van der Waals surface area contributed by atoms with Crippen LogP contribution < -0.4 is 0 Å². The van der Waals surface area contributed by atoms with Crippen LogP contribution in [0, 0.1) is 0 Å². The summed E-state index contributed by atoms with van der Waals surface area (Å²) in [4.78, 5) is 0. The zero-order valence-electron chi connectivity index (χ0n) is 6.79. The van der Waals surface area contributed by atoms with E-state index >= 15 is 0 Å². The Morgan fingerprint density at radius 1 is 1.45 bits per heavy atom. The lowest BCUT2D eigenvalue weighted by Crippen LogP contribution is -2.29. The van der Waals surface area contributed by atoms with E-state index in [1.54, 1.807) is 7.11 Å². The van der Waals surface area contributed by atoms with Crippen molar-refractivity contribution in [3.63, 3.8) is 0 Å². The van der Waals surface area contributed by atoms with E-state index in [9.17, 15) is 0 Å². The molecular weight excluding hydrogens is 144 g/mol. The van der Waals surface area contributed by atoms with E-state index in [4.69, 9.17) is 14.2 Å². The van der Waals surface area contributed by atoms with Crippen LogP contribution in [0.15, 0.2) is 12.8 Å². The number of ether oxygens (including phenoxy) is 3. The summed E-state index contributed by atoms with van der Waals surface area (Å²) in [5.41, 5.74) is 0. The summed E-state index contributed by atoms with van der Waals surface area (Å²) in [6.45, 7) is 3.46. The van der Waals surface area contributed by atoms with E-state index in [-0.39, 0.29) is 12.6 Å². The van der Waals surface area contributed by atoms with Crippen LogP contribution in [0.1, 0.15) is 19.3 Å². The monoisotopic (exact) mass is 158 g/mol. The fourth-order valence-corrected chi connectivity index (χ4v) is 1.14. The molecule has 0 amide bonds. The van der Waals surface area contributed by atoms with Gasteiger partial charge in [0.05, 0.1) is 6.26 Å². The normalized spacial score (nSPS) is 31.4. The van der Waals surface area contributed by atoms with Gasteiger partial charge in [0.25, 0.3) is 0 Å². The predicted octanol–water partition coefficient (Wildman–Crippen LogP) is 1.65. The molecule has 0 spiro atoms. The Kier molecular flexibility index (Phi) is 3.39. The molecule has 1 aliphatic heterocycles. The molecule has 0 aromatic rings. The third kappa shape index (κ3) is 2.52. The Labute approximate surface area is 66.9 Å². The standard InChI is InChI=1S/C8H14O3/c1-3-10-8-6-4-5-7(9-2)11-8/h3,7-8H,1,4-6H2,2H3. The van der Waals surface area contributed by atoms with Crippen LogP contribution in [0.25, 0.3) is 0 Å². The maximum absolute atomic E-state index is 5.36. The second-order valence-electron chi connectivity index (χ2n) is 2.46. The lowest BCUT2D eigenvalue weighted by atomic mass is 10.2. The minimum Gasteiger partial charge on any atom is -0.473 e. The fourth-order valence-electron chi connectivity index (χ4n) is 1.14. The highest BCUT2D eigenvalue weighted by molar-refractivity contribution is 4.61. The Bertz CT molecular complexity index is 125. The molecular formula is C8H14O3. The summed E-state index contributed by atoms with van der Waals surface area (Å²) in [6, 6.07) is 0. The lowest BCUT2D eigenvalue weighted by Gasteiger charge is -2.27. The first-order valence-electron chi connectivity index (χ1n) is 3.81. The fraction of sp³-hybridized carbons (Fsp3) is 0.750. The number of rotatable bonds is 3. The summed E-state index contributed by atoms with van der Waals surface area (Å²) in [5.74, 6) is 0. The highest BCUT2D eigenvalue weighted by atomic mass is 16.8. The zero-order chi connectivity index (χ0) is 8.10. The second kappa shape index (κ2) is 4.36. The molecule has 0 aliphatic carbocycles. The van der Waals surface area contributed by atoms with E-state index in [1.165, 1.54) is 6.26 Å². The van der Waals surface area contributed by atoms with Gasteiger partial charge in [-0.25, -0.2) is 0 Å². The van der Waals surface area contributed by atoms with Gasteiger partial charge in [0.1, 0.15) is 0 Å². The molecule has 1 saturated heterocycles. The maximum Gasteiger partial charge on any atom is 0.201 e. The molecule has 0 bridgehead atoms. The van der Waals surface area contributed by atoms with Crippen molar-refractivity contribution in [2.75, 3.05) is 7.11 Å². The molecule has 11 heavy (non-hydrogen) atoms. The Morgan fingerprint density at radius 2 is 2.18 bits per heavy atom. The summed E-state index contributed by atoms with van der Waals surface area (Å²) in [7, 11) is 1.64. The molecule has 3 nitrogen and oxygen atoms in total. The summed E-state index contributed by atoms with van der Waals surface area (Å²) in [6.07, 6.45) is 4.10. The molecule has 1 aliphatic rings. The average Bonchev–Trinajstić information content (AvgIpc) is 2.06. The molecule has 1 fully saturated rings. The van der Waals surface area contributed by atoms with Gasteiger partial charge in [-0.2, -0.15) is 0 Å². The summed E-state index contributed by atoms with van der Waals surface area (Å²) >= 11 is 0. The lowest BCUT2D eigenvalue weighted by molar-refractivity contribution is -0.243. The second-order valence-corrected chi connectivity index (χ2v) is 2.46. The van der Waals surface area contributed by atoms with Crippen molar-refractivity contribution in [3.8, 4) is 0 Å². The summed E-state index contributed by atoms with van der Waals surface area (Å²) < 4.78 is 15.5. The largest absolute Gasteiger partial charge is 0.473 e. The van der Waals surface area contributed by atoms with Crippen molar-refractivity contribution in [2.45, 2.75) is 31.8 Å². The molecule has 64 valence electrons. The smallest absolute Gasteiger partial charge is 0.201 e. The molecule has 3 heteroatoms. The molecule has 0 aromatic heterocycles. The van der Waals surface area contributed by atoms with E-state index in [0.29, 0.717) is 0 Å². The van der Waals surface area contributed by atoms with Crippen molar-refractivity contribution in [2.24, 2.45) is 0 Å². The molecule has 0 saturated carbocycles. The van der Waals surface area contributed by atoms with Gasteiger partial charge in [-0.05, 0) is 12.8 Å². The molecule has 1 rings (SSSR count). The van der Waals surface area contributed by atoms with Crippen LogP contribution in [0.2, 0.25) is 0 Å². The molecule has 0 radical (unpaired) electrons. The minimum atomic E-state index is -0.161. The van der Waals surface area contributed by atoms with Crippen molar-refractivity contribution in [1.29, 1.82) is 0 Å². The SMILES string of the molecule is C=COC1CCCC(OC)O1. The molecule has 2 atom stereocenters. The highest BCUT2D eigenvalue weighted by Gasteiger charge is 2.21. The van der Waals surface area contributed by atoms with Crippen molar-refractivity contribution in [1.82, 2.24) is 0 Å². The van der Waals surface area contributed by atoms with Gasteiger partial charge in [0, 0.05) is 13.5 Å². The average molecular weight is 158 g/mol. The molecule has 2 unspecified atom stereocenters. The number of hydrogen-bond donors (Lipinski definition) is 0. The third-order valence-corrected chi connectivity index (χ3v) is 1.69. The van der Waals surface area contributed by atoms with Crippen molar-refractivity contribution < 1.29 is 14.2 Å². The molecule has 0 aromatic carbocycles. The van der Waals surface area contributed by atoms with Crippen LogP contribution in [0.4, 0.5) is 0 Å². The first kappa shape index (κ1) is 8.56. The Balaban J connectivity index is 2.27. The maximum atomic E-state index is 5.36. The first-order chi connectivity index (χ1) is 5.36. The summed E-state index contributed by atoms with van der Waals surface area (Å²) in [5, 5.41) is 0. The van der Waals surface area contributed by atoms with Gasteiger partial charge >= 0.3 is 0 Å². The number of methoxy groups -OCH3 is 1. The van der Waals surface area contributed by atoms with E-state index in [1.807, 2.05) is 0 Å². The topological polar surface area (TPSA) is 27.7 Å².